The average molecular weight is 301 g/mol. The number of nitrogens with two attached hydrogens (primary N) is 1. The van der Waals surface area contributed by atoms with Crippen LogP contribution in [0.1, 0.15) is 13.8 Å². The van der Waals surface area contributed by atoms with Crippen LogP contribution in [0, 0.1) is 0 Å². The van der Waals surface area contributed by atoms with E-state index in [-0.39, 0.29) is 5.91 Å². The first kappa shape index (κ1) is 13.8. The lowest BCUT2D eigenvalue weighted by atomic mass is 10.3. The van der Waals surface area contributed by atoms with Gasteiger partial charge in [0.1, 0.15) is 5.82 Å². The topological polar surface area (TPSA) is 71.2 Å². The van der Waals surface area contributed by atoms with E-state index in [1.54, 1.807) is 12.3 Å². The Labute approximate surface area is 110 Å². The van der Waals surface area contributed by atoms with Gasteiger partial charge in [-0.15, -0.1) is 0 Å². The number of aromatic nitrogens is 1. The number of anilines is 2. The molecule has 0 spiro atoms. The zero-order valence-electron chi connectivity index (χ0n) is 10.0. The van der Waals surface area contributed by atoms with Crippen LogP contribution in [0.25, 0.3) is 0 Å². The molecule has 0 bridgehead atoms. The van der Waals surface area contributed by atoms with Gasteiger partial charge in [0.25, 0.3) is 0 Å². The summed E-state index contributed by atoms with van der Waals surface area (Å²) in [5, 5.41) is 2.76. The van der Waals surface area contributed by atoms with E-state index in [4.69, 9.17) is 5.73 Å². The Morgan fingerprint density at radius 3 is 2.82 bits per heavy atom. The molecular weight excluding hydrogens is 284 g/mol. The molecule has 0 aliphatic heterocycles. The second-order valence-corrected chi connectivity index (χ2v) is 4.40. The van der Waals surface area contributed by atoms with E-state index in [1.807, 2.05) is 18.7 Å². The number of hydrogen-bond donors (Lipinski definition) is 2. The van der Waals surface area contributed by atoms with Crippen LogP contribution in [0.4, 0.5) is 11.5 Å². The fraction of sp³-hybridized carbons (Fsp3) is 0.455. The summed E-state index contributed by atoms with van der Waals surface area (Å²) >= 11 is 3.40. The molecule has 1 aromatic heterocycles. The number of rotatable bonds is 5. The molecule has 94 valence electrons. The average Bonchev–Trinajstić information content (AvgIpc) is 2.27. The van der Waals surface area contributed by atoms with Gasteiger partial charge in [-0.1, -0.05) is 0 Å². The Bertz CT molecular complexity index is 397. The zero-order valence-corrected chi connectivity index (χ0v) is 11.6. The van der Waals surface area contributed by atoms with Gasteiger partial charge in [-0.05, 0) is 35.8 Å². The van der Waals surface area contributed by atoms with E-state index in [0.717, 1.165) is 10.3 Å². The molecule has 6 heteroatoms. The predicted molar refractivity (Wildman–Crippen MR) is 72.9 cm³/mol. The minimum Gasteiger partial charge on any atom is -0.397 e. The minimum absolute atomic E-state index is 0.0140. The number of nitrogens with zero attached hydrogens (tertiary/aromatic N) is 2. The minimum atomic E-state index is -0.0140. The molecule has 3 N–H and O–H groups in total. The summed E-state index contributed by atoms with van der Waals surface area (Å²) < 4.78 is 0.795. The van der Waals surface area contributed by atoms with Gasteiger partial charge in [0.2, 0.25) is 5.91 Å². The Balaban J connectivity index is 2.82. The molecule has 0 aliphatic rings. The van der Waals surface area contributed by atoms with Crippen molar-refractivity contribution in [2.24, 2.45) is 0 Å². The molecule has 0 unspecified atom stereocenters. The molecule has 1 amide bonds. The lowest BCUT2D eigenvalue weighted by Crippen LogP contribution is -2.37. The first-order valence-electron chi connectivity index (χ1n) is 5.51. The smallest absolute Gasteiger partial charge is 0.239 e. The third kappa shape index (κ3) is 3.89. The van der Waals surface area contributed by atoms with Crippen molar-refractivity contribution in [2.45, 2.75) is 13.8 Å². The van der Waals surface area contributed by atoms with E-state index in [0.29, 0.717) is 25.3 Å². The Morgan fingerprint density at radius 2 is 2.29 bits per heavy atom. The highest BCUT2D eigenvalue weighted by atomic mass is 79.9. The Morgan fingerprint density at radius 1 is 1.59 bits per heavy atom. The molecular formula is C11H17BrN4O. The fourth-order valence-electron chi connectivity index (χ4n) is 1.44. The van der Waals surface area contributed by atoms with Gasteiger partial charge in [-0.3, -0.25) is 4.79 Å². The fourth-order valence-corrected chi connectivity index (χ4v) is 2.06. The van der Waals surface area contributed by atoms with Crippen LogP contribution in [0.3, 0.4) is 0 Å². The Hall–Kier alpha value is -1.30. The third-order valence-electron chi connectivity index (χ3n) is 2.23. The molecule has 0 atom stereocenters. The number of likely N-dealkylation sites (N-methyl/N-ethyl adjacent to an activating group) is 2. The Kier molecular flexibility index (Phi) is 5.21. The maximum Gasteiger partial charge on any atom is 0.239 e. The number of pyridine rings is 1. The van der Waals surface area contributed by atoms with Gasteiger partial charge in [0.05, 0.1) is 22.9 Å². The van der Waals surface area contributed by atoms with Crippen molar-refractivity contribution < 1.29 is 4.79 Å². The van der Waals surface area contributed by atoms with Gasteiger partial charge in [-0.25, -0.2) is 4.98 Å². The number of carbonyl (C=O) groups is 1. The first-order chi connectivity index (χ1) is 8.08. The summed E-state index contributed by atoms with van der Waals surface area (Å²) in [6.45, 7) is 5.49. The van der Waals surface area contributed by atoms with Crippen molar-refractivity contribution >= 4 is 33.3 Å². The van der Waals surface area contributed by atoms with Gasteiger partial charge in [0, 0.05) is 13.1 Å². The largest absolute Gasteiger partial charge is 0.397 e. The molecule has 17 heavy (non-hydrogen) atoms. The number of nitrogen functional groups attached to an aromatic ring is 1. The van der Waals surface area contributed by atoms with Gasteiger partial charge < -0.3 is 16.0 Å². The molecule has 0 fully saturated rings. The number of hydrogen-bond acceptors (Lipinski definition) is 4. The van der Waals surface area contributed by atoms with Gasteiger partial charge >= 0.3 is 0 Å². The van der Waals surface area contributed by atoms with Crippen molar-refractivity contribution in [1.29, 1.82) is 0 Å². The normalized spacial score (nSPS) is 10.1. The molecule has 0 saturated carbocycles. The van der Waals surface area contributed by atoms with Crippen LogP contribution >= 0.6 is 15.9 Å². The maximum atomic E-state index is 11.5. The number of halogens is 1. The third-order valence-corrected chi connectivity index (χ3v) is 2.82. The lowest BCUT2D eigenvalue weighted by Gasteiger charge is -2.22. The van der Waals surface area contributed by atoms with Crippen LogP contribution in [0.5, 0.6) is 0 Å². The zero-order chi connectivity index (χ0) is 12.8. The molecule has 5 nitrogen and oxygen atoms in total. The van der Waals surface area contributed by atoms with Crippen LogP contribution in [0.15, 0.2) is 16.7 Å². The van der Waals surface area contributed by atoms with E-state index >= 15 is 0 Å². The van der Waals surface area contributed by atoms with Crippen molar-refractivity contribution in [1.82, 2.24) is 10.3 Å². The molecule has 0 aliphatic carbocycles. The quantitative estimate of drug-likeness (QED) is 0.862. The molecule has 1 heterocycles. The highest BCUT2D eigenvalue weighted by Gasteiger charge is 2.13. The molecule has 0 radical (unpaired) electrons. The van der Waals surface area contributed by atoms with E-state index in [9.17, 15) is 4.79 Å². The summed E-state index contributed by atoms with van der Waals surface area (Å²) in [6.07, 6.45) is 1.58. The molecule has 1 rings (SSSR count). The van der Waals surface area contributed by atoms with E-state index in [2.05, 4.69) is 26.2 Å². The monoisotopic (exact) mass is 300 g/mol. The van der Waals surface area contributed by atoms with Crippen LogP contribution < -0.4 is 16.0 Å². The standard InChI is InChI=1S/C11H17BrN4O/c1-3-14-10(17)7-16(4-2)11-9(12)5-8(13)6-15-11/h5-6H,3-4,7,13H2,1-2H3,(H,14,17). The van der Waals surface area contributed by atoms with Gasteiger partial charge in [-0.2, -0.15) is 0 Å². The lowest BCUT2D eigenvalue weighted by molar-refractivity contribution is -0.119. The highest BCUT2D eigenvalue weighted by Crippen LogP contribution is 2.25. The van der Waals surface area contributed by atoms with E-state index < -0.39 is 0 Å². The summed E-state index contributed by atoms with van der Waals surface area (Å²) in [6, 6.07) is 1.78. The maximum absolute atomic E-state index is 11.5. The molecule has 0 aromatic carbocycles. The second kappa shape index (κ2) is 6.44. The van der Waals surface area contributed by atoms with Crippen LogP contribution in [-0.2, 0) is 4.79 Å². The number of nitrogens with one attached hydrogen (secondary N) is 1. The summed E-state index contributed by atoms with van der Waals surface area (Å²) in [5.74, 6) is 0.716. The predicted octanol–water partition coefficient (Wildman–Crippen LogP) is 1.39. The molecule has 0 saturated heterocycles. The summed E-state index contributed by atoms with van der Waals surface area (Å²) in [4.78, 5) is 17.7. The van der Waals surface area contributed by atoms with Crippen LogP contribution in [-0.4, -0.2) is 30.5 Å². The van der Waals surface area contributed by atoms with E-state index in [1.165, 1.54) is 0 Å². The molecule has 1 aromatic rings. The van der Waals surface area contributed by atoms with Crippen molar-refractivity contribution in [3.63, 3.8) is 0 Å². The van der Waals surface area contributed by atoms with Gasteiger partial charge in [0.15, 0.2) is 0 Å². The van der Waals surface area contributed by atoms with Crippen LogP contribution in [0.2, 0.25) is 0 Å². The summed E-state index contributed by atoms with van der Waals surface area (Å²) in [7, 11) is 0. The second-order valence-electron chi connectivity index (χ2n) is 3.54. The van der Waals surface area contributed by atoms with Crippen molar-refractivity contribution in [3.05, 3.63) is 16.7 Å². The van der Waals surface area contributed by atoms with Crippen molar-refractivity contribution in [2.75, 3.05) is 30.3 Å². The number of carbonyl (C=O) groups excluding carboxylic acids is 1. The first-order valence-corrected chi connectivity index (χ1v) is 6.30. The highest BCUT2D eigenvalue weighted by molar-refractivity contribution is 9.10. The number of amides is 1. The van der Waals surface area contributed by atoms with Crippen molar-refractivity contribution in [3.8, 4) is 0 Å². The SMILES string of the molecule is CCNC(=O)CN(CC)c1ncc(N)cc1Br. The summed E-state index contributed by atoms with van der Waals surface area (Å²) in [5.41, 5.74) is 6.22.